The fourth-order valence-corrected chi connectivity index (χ4v) is 4.43. The first-order chi connectivity index (χ1) is 15.3. The summed E-state index contributed by atoms with van der Waals surface area (Å²) in [6.07, 6.45) is 1.42. The van der Waals surface area contributed by atoms with E-state index in [1.807, 2.05) is 17.0 Å². The topological polar surface area (TPSA) is 135 Å². The van der Waals surface area contributed by atoms with Crippen LogP contribution in [0.15, 0.2) is 29.6 Å². The zero-order valence-corrected chi connectivity index (χ0v) is 20.9. The van der Waals surface area contributed by atoms with E-state index in [1.165, 1.54) is 11.3 Å². The molecule has 0 saturated heterocycles. The molecule has 0 aliphatic heterocycles. The quantitative estimate of drug-likeness (QED) is 0.319. The van der Waals surface area contributed by atoms with Gasteiger partial charge in [-0.2, -0.15) is 8.42 Å². The third kappa shape index (κ3) is 10.3. The predicted molar refractivity (Wildman–Crippen MR) is 128 cm³/mol. The average molecular weight is 498 g/mol. The van der Waals surface area contributed by atoms with Gasteiger partial charge in [-0.05, 0) is 51.3 Å². The first kappa shape index (κ1) is 26.7. The van der Waals surface area contributed by atoms with Crippen LogP contribution in [0.4, 0.5) is 5.69 Å². The highest BCUT2D eigenvalue weighted by molar-refractivity contribution is 7.87. The molecule has 0 saturated carbocycles. The summed E-state index contributed by atoms with van der Waals surface area (Å²) in [6, 6.07) is 6.61. The van der Waals surface area contributed by atoms with Crippen molar-refractivity contribution >= 4 is 39.2 Å². The molecule has 0 spiro atoms. The average Bonchev–Trinajstić information content (AvgIpc) is 3.17. The maximum Gasteiger partial charge on any atom is 0.357 e. The number of ether oxygens (including phenoxy) is 1. The summed E-state index contributed by atoms with van der Waals surface area (Å²) in [5.41, 5.74) is 1.55. The minimum absolute atomic E-state index is 0.00717. The van der Waals surface area contributed by atoms with Crippen LogP contribution in [0.5, 0.6) is 0 Å². The second kappa shape index (κ2) is 11.6. The third-order valence-corrected chi connectivity index (χ3v) is 6.04. The molecule has 0 aliphatic rings. The Morgan fingerprint density at radius 1 is 1.18 bits per heavy atom. The molecule has 182 valence electrons. The number of benzene rings is 1. The highest BCUT2D eigenvalue weighted by Gasteiger charge is 2.20. The van der Waals surface area contributed by atoms with Crippen LogP contribution in [0.1, 0.15) is 62.7 Å². The van der Waals surface area contributed by atoms with Gasteiger partial charge in [0, 0.05) is 24.3 Å². The fourth-order valence-electron chi connectivity index (χ4n) is 3.00. The number of rotatable bonds is 11. The Hall–Kier alpha value is -2.50. The molecular weight excluding hydrogens is 466 g/mol. The van der Waals surface area contributed by atoms with Gasteiger partial charge in [0.05, 0.1) is 22.8 Å². The summed E-state index contributed by atoms with van der Waals surface area (Å²) in [5, 5.41) is 5.76. The van der Waals surface area contributed by atoms with Gasteiger partial charge in [0.15, 0.2) is 0 Å². The second-order valence-corrected chi connectivity index (χ2v) is 10.6. The summed E-state index contributed by atoms with van der Waals surface area (Å²) in [4.78, 5) is 28.8. The van der Waals surface area contributed by atoms with Crippen molar-refractivity contribution in [1.82, 2.24) is 10.3 Å². The number of hydrogen-bond donors (Lipinski definition) is 3. The number of thiazole rings is 1. The van der Waals surface area contributed by atoms with Gasteiger partial charge in [-0.15, -0.1) is 11.3 Å². The number of amides is 1. The van der Waals surface area contributed by atoms with E-state index < -0.39 is 21.9 Å². The van der Waals surface area contributed by atoms with Gasteiger partial charge >= 0.3 is 16.3 Å². The molecule has 0 radical (unpaired) electrons. The third-order valence-electron chi connectivity index (χ3n) is 4.49. The molecule has 11 heteroatoms. The van der Waals surface area contributed by atoms with Gasteiger partial charge in [-0.25, -0.2) is 4.98 Å². The van der Waals surface area contributed by atoms with Crippen molar-refractivity contribution in [3.05, 3.63) is 45.9 Å². The molecule has 9 nitrogen and oxygen atoms in total. The maximum atomic E-state index is 12.3. The number of esters is 1. The molecule has 0 aliphatic carbocycles. The van der Waals surface area contributed by atoms with Crippen molar-refractivity contribution in [1.29, 1.82) is 0 Å². The summed E-state index contributed by atoms with van der Waals surface area (Å²) >= 11 is 1.53. The van der Waals surface area contributed by atoms with Crippen molar-refractivity contribution in [2.45, 2.75) is 64.9 Å². The minimum atomic E-state index is -4.34. The predicted octanol–water partition coefficient (Wildman–Crippen LogP) is 3.48. The molecule has 1 aromatic heterocycles. The van der Waals surface area contributed by atoms with Crippen molar-refractivity contribution < 1.29 is 27.3 Å². The normalized spacial score (nSPS) is 12.8. The van der Waals surface area contributed by atoms with Crippen LogP contribution in [0.2, 0.25) is 0 Å². The Morgan fingerprint density at radius 3 is 2.39 bits per heavy atom. The first-order valence-corrected chi connectivity index (χ1v) is 12.9. The summed E-state index contributed by atoms with van der Waals surface area (Å²) in [6.45, 7) is 7.69. The van der Waals surface area contributed by atoms with Gasteiger partial charge in [-0.3, -0.25) is 18.9 Å². The van der Waals surface area contributed by atoms with E-state index in [-0.39, 0.29) is 30.4 Å². The number of nitrogens with one attached hydrogen (secondary N) is 2. The molecule has 33 heavy (non-hydrogen) atoms. The molecule has 1 aromatic carbocycles. The van der Waals surface area contributed by atoms with Crippen LogP contribution < -0.4 is 10.0 Å². The Kier molecular flexibility index (Phi) is 9.38. The highest BCUT2D eigenvalue weighted by atomic mass is 32.2. The van der Waals surface area contributed by atoms with Crippen molar-refractivity contribution in [3.8, 4) is 0 Å². The molecule has 2 rings (SSSR count). The fraction of sp³-hybridized carbons (Fsp3) is 0.500. The van der Waals surface area contributed by atoms with Gasteiger partial charge in [0.2, 0.25) is 5.91 Å². The second-order valence-electron chi connectivity index (χ2n) is 8.60. The standard InChI is InChI=1S/C22H31N3O6S2/c1-5-17-14-32-21(24-17)16(12-15-6-8-18(9-7-15)25-33(28,29)30)13-23-19(26)10-11-20(27)31-22(2,3)4/h6-9,14,16,25H,5,10-13H2,1-4H3,(H,23,26)(H,28,29,30)/t16-/m1/s1. The Bertz CT molecular complexity index is 1040. The van der Waals surface area contributed by atoms with Crippen LogP contribution in [0.25, 0.3) is 0 Å². The molecule has 3 N–H and O–H groups in total. The Labute approximate surface area is 198 Å². The largest absolute Gasteiger partial charge is 0.460 e. The van der Waals surface area contributed by atoms with Crippen LogP contribution in [0, 0.1) is 0 Å². The number of carbonyl (C=O) groups is 2. The molecule has 2 aromatic rings. The number of aryl methyl sites for hydroxylation is 1. The summed E-state index contributed by atoms with van der Waals surface area (Å²) in [5.74, 6) is -0.757. The zero-order chi connectivity index (χ0) is 24.6. The molecular formula is C22H31N3O6S2. The van der Waals surface area contributed by atoms with Crippen LogP contribution >= 0.6 is 11.3 Å². The van der Waals surface area contributed by atoms with E-state index in [9.17, 15) is 18.0 Å². The zero-order valence-electron chi connectivity index (χ0n) is 19.3. The first-order valence-electron chi connectivity index (χ1n) is 10.6. The van der Waals surface area contributed by atoms with Gasteiger partial charge in [0.1, 0.15) is 5.60 Å². The SMILES string of the molecule is CCc1csc([C@@H](CNC(=O)CCC(=O)OC(C)(C)C)Cc2ccc(NS(=O)(=O)O)cc2)n1. The Balaban J connectivity index is 2.01. The number of aromatic nitrogens is 1. The lowest BCUT2D eigenvalue weighted by Gasteiger charge is -2.19. The summed E-state index contributed by atoms with van der Waals surface area (Å²) < 4.78 is 38.1. The maximum absolute atomic E-state index is 12.3. The summed E-state index contributed by atoms with van der Waals surface area (Å²) in [7, 11) is -4.34. The van der Waals surface area contributed by atoms with Gasteiger partial charge in [-0.1, -0.05) is 19.1 Å². The monoisotopic (exact) mass is 497 g/mol. The van der Waals surface area contributed by atoms with E-state index in [4.69, 9.17) is 9.29 Å². The van der Waals surface area contributed by atoms with Crippen LogP contribution in [-0.2, 0) is 37.5 Å². The van der Waals surface area contributed by atoms with Gasteiger partial charge < -0.3 is 10.1 Å². The molecule has 1 amide bonds. The Morgan fingerprint density at radius 2 is 1.85 bits per heavy atom. The molecule has 0 bridgehead atoms. The molecule has 0 unspecified atom stereocenters. The molecule has 1 atom stereocenters. The van der Waals surface area contributed by atoms with Crippen LogP contribution in [-0.4, -0.2) is 42.0 Å². The van der Waals surface area contributed by atoms with Crippen LogP contribution in [0.3, 0.4) is 0 Å². The highest BCUT2D eigenvalue weighted by Crippen LogP contribution is 2.25. The van der Waals surface area contributed by atoms with E-state index in [1.54, 1.807) is 45.0 Å². The van der Waals surface area contributed by atoms with Crippen molar-refractivity contribution in [2.24, 2.45) is 0 Å². The number of nitrogens with zero attached hydrogens (tertiary/aromatic N) is 1. The lowest BCUT2D eigenvalue weighted by molar-refractivity contribution is -0.155. The van der Waals surface area contributed by atoms with E-state index in [0.29, 0.717) is 13.0 Å². The lowest BCUT2D eigenvalue weighted by atomic mass is 9.99. The van der Waals surface area contributed by atoms with E-state index >= 15 is 0 Å². The van der Waals surface area contributed by atoms with E-state index in [0.717, 1.165) is 22.7 Å². The number of anilines is 1. The molecule has 0 fully saturated rings. The van der Waals surface area contributed by atoms with Crippen molar-refractivity contribution in [2.75, 3.05) is 11.3 Å². The minimum Gasteiger partial charge on any atom is -0.460 e. The number of carbonyl (C=O) groups excluding carboxylic acids is 2. The molecule has 1 heterocycles. The van der Waals surface area contributed by atoms with Gasteiger partial charge in [0.25, 0.3) is 0 Å². The van der Waals surface area contributed by atoms with E-state index in [2.05, 4.69) is 10.3 Å². The van der Waals surface area contributed by atoms with Crippen molar-refractivity contribution in [3.63, 3.8) is 0 Å². The smallest absolute Gasteiger partial charge is 0.357 e. The number of hydrogen-bond acceptors (Lipinski definition) is 7. The lowest BCUT2D eigenvalue weighted by Crippen LogP contribution is -2.30.